The molecule has 0 saturated heterocycles. The fraction of sp³-hybridized carbons (Fsp3) is 0.588. The number of amides is 1. The van der Waals surface area contributed by atoms with Crippen LogP contribution in [0.1, 0.15) is 59.1 Å². The first-order chi connectivity index (χ1) is 9.76. The van der Waals surface area contributed by atoms with E-state index in [-0.39, 0.29) is 30.5 Å². The number of hydrogen-bond donors (Lipinski definition) is 2. The highest BCUT2D eigenvalue weighted by molar-refractivity contribution is 5.86. The molecule has 2 atom stereocenters. The zero-order valence-corrected chi connectivity index (χ0v) is 15.0. The minimum atomic E-state index is -0.816. The van der Waals surface area contributed by atoms with Crippen molar-refractivity contribution in [1.82, 2.24) is 5.32 Å². The lowest BCUT2D eigenvalue weighted by atomic mass is 9.95. The van der Waals surface area contributed by atoms with Crippen LogP contribution in [0.5, 0.6) is 5.75 Å². The summed E-state index contributed by atoms with van der Waals surface area (Å²) < 4.78 is 5.61. The molecule has 5 heteroatoms. The maximum atomic E-state index is 12.2. The van der Waals surface area contributed by atoms with Crippen LogP contribution in [0.15, 0.2) is 24.3 Å². The van der Waals surface area contributed by atoms with Gasteiger partial charge in [0.2, 0.25) is 5.91 Å². The number of hydrogen-bond acceptors (Lipinski definition) is 3. The lowest BCUT2D eigenvalue weighted by Crippen LogP contribution is -2.52. The highest BCUT2D eigenvalue weighted by Gasteiger charge is 2.28. The summed E-state index contributed by atoms with van der Waals surface area (Å²) in [6, 6.07) is 7.70. The molecule has 1 aromatic rings. The molecular weight excluding hydrogens is 300 g/mol. The maximum absolute atomic E-state index is 12.2. The third kappa shape index (κ3) is 6.24. The van der Waals surface area contributed by atoms with E-state index < -0.39 is 5.54 Å². The van der Waals surface area contributed by atoms with Gasteiger partial charge in [-0.05, 0) is 51.8 Å². The second-order valence-electron chi connectivity index (χ2n) is 6.10. The lowest BCUT2D eigenvalue weighted by Gasteiger charge is -2.25. The van der Waals surface area contributed by atoms with Gasteiger partial charge in [-0.25, -0.2) is 0 Å². The van der Waals surface area contributed by atoms with Gasteiger partial charge in [-0.3, -0.25) is 4.79 Å². The molecule has 0 saturated carbocycles. The fourth-order valence-corrected chi connectivity index (χ4v) is 2.18. The van der Waals surface area contributed by atoms with E-state index in [9.17, 15) is 4.79 Å². The summed E-state index contributed by atoms with van der Waals surface area (Å²) in [5, 5.41) is 2.98. The van der Waals surface area contributed by atoms with Crippen molar-refractivity contribution in [3.8, 4) is 5.75 Å². The van der Waals surface area contributed by atoms with Gasteiger partial charge in [-0.2, -0.15) is 0 Å². The third-order valence-corrected chi connectivity index (χ3v) is 3.39. The number of halogens is 1. The molecule has 0 aromatic heterocycles. The van der Waals surface area contributed by atoms with Crippen LogP contribution in [0.3, 0.4) is 0 Å². The Bertz CT molecular complexity index is 458. The number of nitrogens with one attached hydrogen (secondary N) is 1. The number of nitrogens with two attached hydrogens (primary N) is 1. The van der Waals surface area contributed by atoms with Crippen LogP contribution in [0.2, 0.25) is 0 Å². The normalized spacial score (nSPS) is 14.7. The van der Waals surface area contributed by atoms with Crippen LogP contribution in [-0.4, -0.2) is 17.6 Å². The number of carbonyl (C=O) groups excluding carboxylic acids is 1. The third-order valence-electron chi connectivity index (χ3n) is 3.39. The molecule has 22 heavy (non-hydrogen) atoms. The molecule has 0 aliphatic heterocycles. The Labute approximate surface area is 140 Å². The molecule has 4 nitrogen and oxygen atoms in total. The second-order valence-corrected chi connectivity index (χ2v) is 6.10. The standard InChI is InChI=1S/C17H28N2O2.ClH/c1-6-11-17(5,18)16(20)19-13(4)14-7-9-15(10-8-14)21-12(2)3;/h7-10,12-13H,6,11,18H2,1-5H3,(H,19,20);1H. The summed E-state index contributed by atoms with van der Waals surface area (Å²) in [5.41, 5.74) is 6.26. The van der Waals surface area contributed by atoms with E-state index in [0.717, 1.165) is 17.7 Å². The van der Waals surface area contributed by atoms with Gasteiger partial charge in [-0.15, -0.1) is 12.4 Å². The average Bonchev–Trinajstić information content (AvgIpc) is 2.38. The molecule has 2 unspecified atom stereocenters. The molecule has 0 aliphatic carbocycles. The van der Waals surface area contributed by atoms with Crippen molar-refractivity contribution >= 4 is 18.3 Å². The molecule has 0 fully saturated rings. The Kier molecular flexibility index (Phi) is 8.49. The first-order valence-corrected chi connectivity index (χ1v) is 7.62. The monoisotopic (exact) mass is 328 g/mol. The van der Waals surface area contributed by atoms with Crippen molar-refractivity contribution in [3.63, 3.8) is 0 Å². The van der Waals surface area contributed by atoms with Crippen LogP contribution in [0.25, 0.3) is 0 Å². The SMILES string of the molecule is CCCC(C)(N)C(=O)NC(C)c1ccc(OC(C)C)cc1.Cl. The molecule has 0 heterocycles. The summed E-state index contributed by atoms with van der Waals surface area (Å²) in [4.78, 5) is 12.2. The van der Waals surface area contributed by atoms with Gasteiger partial charge in [0.25, 0.3) is 0 Å². The molecule has 0 spiro atoms. The molecular formula is C17H29ClN2O2. The summed E-state index contributed by atoms with van der Waals surface area (Å²) in [7, 11) is 0. The Morgan fingerprint density at radius 3 is 2.27 bits per heavy atom. The summed E-state index contributed by atoms with van der Waals surface area (Å²) in [6.45, 7) is 9.74. The lowest BCUT2D eigenvalue weighted by molar-refractivity contribution is -0.126. The summed E-state index contributed by atoms with van der Waals surface area (Å²) >= 11 is 0. The van der Waals surface area contributed by atoms with Gasteiger partial charge in [0.15, 0.2) is 0 Å². The second kappa shape index (κ2) is 9.01. The predicted octanol–water partition coefficient (Wildman–Crippen LogP) is 3.59. The van der Waals surface area contributed by atoms with Crippen LogP contribution >= 0.6 is 12.4 Å². The first kappa shape index (κ1) is 20.7. The van der Waals surface area contributed by atoms with Crippen molar-refractivity contribution < 1.29 is 9.53 Å². The van der Waals surface area contributed by atoms with Crippen LogP contribution in [0.4, 0.5) is 0 Å². The molecule has 0 bridgehead atoms. The van der Waals surface area contributed by atoms with Gasteiger partial charge < -0.3 is 15.8 Å². The first-order valence-electron chi connectivity index (χ1n) is 7.62. The van der Waals surface area contributed by atoms with Crippen molar-refractivity contribution in [2.24, 2.45) is 5.73 Å². The van der Waals surface area contributed by atoms with Gasteiger partial charge >= 0.3 is 0 Å². The minimum Gasteiger partial charge on any atom is -0.491 e. The van der Waals surface area contributed by atoms with E-state index in [2.05, 4.69) is 5.32 Å². The zero-order valence-electron chi connectivity index (χ0n) is 14.2. The number of rotatable bonds is 7. The maximum Gasteiger partial charge on any atom is 0.240 e. The van der Waals surface area contributed by atoms with E-state index in [1.165, 1.54) is 0 Å². The van der Waals surface area contributed by atoms with Gasteiger partial charge in [0.1, 0.15) is 5.75 Å². The highest BCUT2D eigenvalue weighted by atomic mass is 35.5. The summed E-state index contributed by atoms with van der Waals surface area (Å²) in [6.07, 6.45) is 1.71. The molecule has 0 aliphatic rings. The minimum absolute atomic E-state index is 0. The molecule has 3 N–H and O–H groups in total. The topological polar surface area (TPSA) is 64.4 Å². The zero-order chi connectivity index (χ0) is 16.0. The van der Waals surface area contributed by atoms with Crippen LogP contribution < -0.4 is 15.8 Å². The van der Waals surface area contributed by atoms with E-state index in [1.54, 1.807) is 6.92 Å². The largest absolute Gasteiger partial charge is 0.491 e. The molecule has 126 valence electrons. The molecule has 1 rings (SSSR count). The Morgan fingerprint density at radius 2 is 1.82 bits per heavy atom. The van der Waals surface area contributed by atoms with Gasteiger partial charge in [-0.1, -0.05) is 25.5 Å². The Hall–Kier alpha value is -1.26. The number of ether oxygens (including phenoxy) is 1. The summed E-state index contributed by atoms with van der Waals surface area (Å²) in [5.74, 6) is 0.723. The number of carbonyl (C=O) groups is 1. The van der Waals surface area contributed by atoms with Crippen molar-refractivity contribution in [2.45, 2.75) is 65.1 Å². The van der Waals surface area contributed by atoms with Crippen molar-refractivity contribution in [3.05, 3.63) is 29.8 Å². The van der Waals surface area contributed by atoms with E-state index in [4.69, 9.17) is 10.5 Å². The average molecular weight is 329 g/mol. The molecule has 0 radical (unpaired) electrons. The van der Waals surface area contributed by atoms with Crippen molar-refractivity contribution in [1.29, 1.82) is 0 Å². The molecule has 1 amide bonds. The predicted molar refractivity (Wildman–Crippen MR) is 93.5 cm³/mol. The van der Waals surface area contributed by atoms with Crippen LogP contribution in [0, 0.1) is 0 Å². The van der Waals surface area contributed by atoms with Crippen molar-refractivity contribution in [2.75, 3.05) is 0 Å². The van der Waals surface area contributed by atoms with E-state index >= 15 is 0 Å². The van der Waals surface area contributed by atoms with Gasteiger partial charge in [0.05, 0.1) is 17.7 Å². The Balaban J connectivity index is 0.00000441. The quantitative estimate of drug-likeness (QED) is 0.804. The van der Waals surface area contributed by atoms with E-state index in [1.807, 2.05) is 52.0 Å². The highest BCUT2D eigenvalue weighted by Crippen LogP contribution is 2.19. The smallest absolute Gasteiger partial charge is 0.240 e. The van der Waals surface area contributed by atoms with E-state index in [0.29, 0.717) is 6.42 Å². The number of benzene rings is 1. The fourth-order valence-electron chi connectivity index (χ4n) is 2.18. The Morgan fingerprint density at radius 1 is 1.27 bits per heavy atom. The molecule has 1 aromatic carbocycles. The van der Waals surface area contributed by atoms with Gasteiger partial charge in [0, 0.05) is 0 Å². The van der Waals surface area contributed by atoms with Crippen LogP contribution in [-0.2, 0) is 4.79 Å².